The van der Waals surface area contributed by atoms with E-state index in [0.717, 1.165) is 38.0 Å². The topological polar surface area (TPSA) is 58.1 Å². The van der Waals surface area contributed by atoms with Crippen molar-refractivity contribution in [3.8, 4) is 0 Å². The van der Waals surface area contributed by atoms with Gasteiger partial charge in [-0.1, -0.05) is 0 Å². The van der Waals surface area contributed by atoms with Crippen molar-refractivity contribution in [1.29, 1.82) is 0 Å². The first-order valence-corrected chi connectivity index (χ1v) is 8.83. The van der Waals surface area contributed by atoms with Crippen LogP contribution in [0.5, 0.6) is 0 Å². The maximum absolute atomic E-state index is 12.4. The molecule has 21 heavy (non-hydrogen) atoms. The van der Waals surface area contributed by atoms with E-state index in [2.05, 4.69) is 20.2 Å². The van der Waals surface area contributed by atoms with Gasteiger partial charge in [-0.3, -0.25) is 9.69 Å². The van der Waals surface area contributed by atoms with Gasteiger partial charge in [-0.2, -0.15) is 0 Å². The molecule has 3 heterocycles. The van der Waals surface area contributed by atoms with Crippen molar-refractivity contribution in [2.24, 2.45) is 0 Å². The molecule has 0 radical (unpaired) electrons. The van der Waals surface area contributed by atoms with Crippen LogP contribution in [-0.4, -0.2) is 39.9 Å². The Morgan fingerprint density at radius 1 is 1.48 bits per heavy atom. The zero-order valence-corrected chi connectivity index (χ0v) is 13.5. The number of carbonyl (C=O) groups excluding carboxylic acids is 1. The molecule has 0 aliphatic carbocycles. The van der Waals surface area contributed by atoms with Gasteiger partial charge in [-0.25, -0.2) is 9.97 Å². The van der Waals surface area contributed by atoms with Crippen LogP contribution in [0, 0.1) is 6.92 Å². The molecule has 1 aliphatic heterocycles. The summed E-state index contributed by atoms with van der Waals surface area (Å²) in [5.41, 5.74) is 3.00. The molecule has 1 N–H and O–H groups in total. The lowest BCUT2D eigenvalue weighted by Crippen LogP contribution is -2.40. The maximum Gasteiger partial charge on any atom is 0.243 e. The lowest BCUT2D eigenvalue weighted by Gasteiger charge is -2.22. The minimum Gasteiger partial charge on any atom is -0.301 e. The minimum absolute atomic E-state index is 0.0258. The van der Waals surface area contributed by atoms with Gasteiger partial charge in [0, 0.05) is 23.0 Å². The second-order valence-electron chi connectivity index (χ2n) is 5.13. The third-order valence-corrected chi connectivity index (χ3v) is 5.48. The van der Waals surface area contributed by atoms with Crippen molar-refractivity contribution in [2.45, 2.75) is 32.2 Å². The van der Waals surface area contributed by atoms with E-state index in [4.69, 9.17) is 0 Å². The van der Waals surface area contributed by atoms with E-state index < -0.39 is 0 Å². The van der Waals surface area contributed by atoms with Crippen LogP contribution in [0.1, 0.15) is 23.4 Å². The predicted octanol–water partition coefficient (Wildman–Crippen LogP) is 2.55. The molecule has 1 aliphatic rings. The second kappa shape index (κ2) is 6.64. The molecule has 1 amide bonds. The van der Waals surface area contributed by atoms with Crippen LogP contribution < -0.4 is 5.32 Å². The van der Waals surface area contributed by atoms with Crippen molar-refractivity contribution in [3.63, 3.8) is 0 Å². The predicted molar refractivity (Wildman–Crippen MR) is 85.9 cm³/mol. The van der Waals surface area contributed by atoms with Crippen molar-refractivity contribution >= 4 is 33.7 Å². The largest absolute Gasteiger partial charge is 0.301 e. The molecule has 7 heteroatoms. The Bertz CT molecular complexity index is 596. The number of aryl methyl sites for hydroxylation is 1. The summed E-state index contributed by atoms with van der Waals surface area (Å²) < 4.78 is 0. The first-order chi connectivity index (χ1) is 10.2. The summed E-state index contributed by atoms with van der Waals surface area (Å²) >= 11 is 3.16. The number of nitrogens with zero attached hydrogens (tertiary/aromatic N) is 3. The molecule has 0 spiro atoms. The number of amides is 1. The fourth-order valence-electron chi connectivity index (χ4n) is 2.68. The minimum atomic E-state index is -0.0258. The molecule has 0 aromatic carbocycles. The first kappa shape index (κ1) is 14.6. The van der Waals surface area contributed by atoms with Gasteiger partial charge in [-0.05, 0) is 32.7 Å². The third-order valence-electron chi connectivity index (χ3n) is 3.80. The van der Waals surface area contributed by atoms with E-state index in [1.807, 2.05) is 17.8 Å². The molecule has 5 nitrogen and oxygen atoms in total. The molecular weight excluding hydrogens is 304 g/mol. The fourth-order valence-corrected chi connectivity index (χ4v) is 3.98. The second-order valence-corrected chi connectivity index (χ2v) is 6.97. The maximum atomic E-state index is 12.4. The SMILES string of the molecule is Cc1ncsc1CCN1CCCC1C(=O)Nc1nccs1. The van der Waals surface area contributed by atoms with Gasteiger partial charge in [0.05, 0.1) is 17.2 Å². The molecule has 1 fully saturated rings. The number of anilines is 1. The Morgan fingerprint density at radius 2 is 2.38 bits per heavy atom. The lowest BCUT2D eigenvalue weighted by molar-refractivity contribution is -0.120. The third kappa shape index (κ3) is 3.48. The summed E-state index contributed by atoms with van der Waals surface area (Å²) in [7, 11) is 0. The van der Waals surface area contributed by atoms with E-state index in [9.17, 15) is 4.79 Å². The monoisotopic (exact) mass is 322 g/mol. The molecule has 2 aromatic rings. The van der Waals surface area contributed by atoms with Gasteiger partial charge in [-0.15, -0.1) is 22.7 Å². The van der Waals surface area contributed by atoms with Crippen LogP contribution >= 0.6 is 22.7 Å². The van der Waals surface area contributed by atoms with Crippen LogP contribution in [0.25, 0.3) is 0 Å². The molecule has 3 rings (SSSR count). The smallest absolute Gasteiger partial charge is 0.243 e. The van der Waals surface area contributed by atoms with E-state index in [1.165, 1.54) is 16.2 Å². The molecule has 0 bridgehead atoms. The van der Waals surface area contributed by atoms with Gasteiger partial charge in [0.15, 0.2) is 5.13 Å². The molecule has 1 unspecified atom stereocenters. The molecule has 112 valence electrons. The number of thiazole rings is 2. The van der Waals surface area contributed by atoms with Crippen molar-refractivity contribution < 1.29 is 4.79 Å². The van der Waals surface area contributed by atoms with Gasteiger partial charge in [0.1, 0.15) is 0 Å². The Labute approximate surface area is 132 Å². The highest BCUT2D eigenvalue weighted by Crippen LogP contribution is 2.21. The average Bonchev–Trinajstić information content (AvgIpc) is 3.17. The summed E-state index contributed by atoms with van der Waals surface area (Å²) in [5.74, 6) is 0.0727. The van der Waals surface area contributed by atoms with E-state index in [-0.39, 0.29) is 11.9 Å². The number of hydrogen-bond acceptors (Lipinski definition) is 6. The number of carbonyl (C=O) groups is 1. The summed E-state index contributed by atoms with van der Waals surface area (Å²) in [6.45, 7) is 3.95. The van der Waals surface area contributed by atoms with Crippen molar-refractivity contribution in [2.75, 3.05) is 18.4 Å². The number of likely N-dealkylation sites (tertiary alicyclic amines) is 1. The number of nitrogens with one attached hydrogen (secondary N) is 1. The Hall–Kier alpha value is -1.31. The highest BCUT2D eigenvalue weighted by atomic mass is 32.1. The zero-order chi connectivity index (χ0) is 14.7. The van der Waals surface area contributed by atoms with Crippen molar-refractivity contribution in [1.82, 2.24) is 14.9 Å². The van der Waals surface area contributed by atoms with Crippen LogP contribution in [0.3, 0.4) is 0 Å². The van der Waals surface area contributed by atoms with Gasteiger partial charge in [0.25, 0.3) is 0 Å². The average molecular weight is 322 g/mol. The van der Waals surface area contributed by atoms with Gasteiger partial charge in [0.2, 0.25) is 5.91 Å². The molecule has 1 atom stereocenters. The van der Waals surface area contributed by atoms with Gasteiger partial charge < -0.3 is 5.32 Å². The number of rotatable bonds is 5. The number of hydrogen-bond donors (Lipinski definition) is 1. The summed E-state index contributed by atoms with van der Waals surface area (Å²) in [6.07, 6.45) is 4.69. The molecule has 2 aromatic heterocycles. The van der Waals surface area contributed by atoms with Crippen molar-refractivity contribution in [3.05, 3.63) is 27.7 Å². The molecular formula is C14H18N4OS2. The summed E-state index contributed by atoms with van der Waals surface area (Å²) in [6, 6.07) is -0.0258. The standard InChI is InChI=1S/C14H18N4OS2/c1-10-12(21-9-16-10)4-7-18-6-2-3-11(18)13(19)17-14-15-5-8-20-14/h5,8-9,11H,2-4,6-7H2,1H3,(H,15,17,19). The highest BCUT2D eigenvalue weighted by molar-refractivity contribution is 7.13. The van der Waals surface area contributed by atoms with Crippen LogP contribution in [0.2, 0.25) is 0 Å². The summed E-state index contributed by atoms with van der Waals surface area (Å²) in [4.78, 5) is 24.3. The molecule has 0 saturated carbocycles. The van der Waals surface area contributed by atoms with Crippen LogP contribution in [0.15, 0.2) is 17.1 Å². The normalized spacial score (nSPS) is 19.0. The van der Waals surface area contributed by atoms with Crippen LogP contribution in [-0.2, 0) is 11.2 Å². The Balaban J connectivity index is 1.57. The van der Waals surface area contributed by atoms with Gasteiger partial charge >= 0.3 is 0 Å². The molecule has 1 saturated heterocycles. The van der Waals surface area contributed by atoms with E-state index >= 15 is 0 Å². The van der Waals surface area contributed by atoms with E-state index in [1.54, 1.807) is 17.5 Å². The zero-order valence-electron chi connectivity index (χ0n) is 11.9. The van der Waals surface area contributed by atoms with E-state index in [0.29, 0.717) is 5.13 Å². The Kier molecular flexibility index (Phi) is 4.62. The Morgan fingerprint density at radius 3 is 3.10 bits per heavy atom. The quantitative estimate of drug-likeness (QED) is 0.919. The fraction of sp³-hybridized carbons (Fsp3) is 0.500. The first-order valence-electron chi connectivity index (χ1n) is 7.07. The number of aromatic nitrogens is 2. The van der Waals surface area contributed by atoms with Crippen LogP contribution in [0.4, 0.5) is 5.13 Å². The highest BCUT2D eigenvalue weighted by Gasteiger charge is 2.30. The summed E-state index contributed by atoms with van der Waals surface area (Å²) in [5, 5.41) is 5.47. The lowest BCUT2D eigenvalue weighted by atomic mass is 10.2.